The highest BCUT2D eigenvalue weighted by Gasteiger charge is 2.15. The summed E-state index contributed by atoms with van der Waals surface area (Å²) in [6, 6.07) is 0. The van der Waals surface area contributed by atoms with Gasteiger partial charge in [0.2, 0.25) is 0 Å². The Morgan fingerprint density at radius 1 is 1.73 bits per heavy atom. The van der Waals surface area contributed by atoms with Crippen molar-refractivity contribution in [2.24, 2.45) is 0 Å². The van der Waals surface area contributed by atoms with Gasteiger partial charge in [0.25, 0.3) is 0 Å². The van der Waals surface area contributed by atoms with Crippen molar-refractivity contribution in [3.63, 3.8) is 0 Å². The van der Waals surface area contributed by atoms with Gasteiger partial charge in [0.05, 0.1) is 6.20 Å². The molecule has 0 fully saturated rings. The number of aromatic nitrogens is 2. The first-order valence-corrected chi connectivity index (χ1v) is 4.43. The molecule has 0 unspecified atom stereocenters. The summed E-state index contributed by atoms with van der Waals surface area (Å²) < 4.78 is 25.6. The third-order valence-corrected chi connectivity index (χ3v) is 2.58. The molecular formula is C4H6N2O3S2. The van der Waals surface area contributed by atoms with Crippen LogP contribution in [0.4, 0.5) is 0 Å². The lowest BCUT2D eigenvalue weighted by Crippen LogP contribution is -1.99. The number of aryl methyl sites for hydroxylation is 1. The maximum absolute atomic E-state index is 10.8. The molecule has 0 spiro atoms. The van der Waals surface area contributed by atoms with Gasteiger partial charge in [0.1, 0.15) is 5.82 Å². The van der Waals surface area contributed by atoms with Gasteiger partial charge in [-0.25, -0.2) is 4.98 Å². The second kappa shape index (κ2) is 2.84. The highest BCUT2D eigenvalue weighted by atomic mass is 32.3. The summed E-state index contributed by atoms with van der Waals surface area (Å²) in [5.74, 6) is 0.508. The third kappa shape index (κ3) is 1.73. The first-order chi connectivity index (χ1) is 5.06. The Bertz CT molecular complexity index is 342. The number of hydrogen-bond acceptors (Lipinski definition) is 5. The third-order valence-electron chi connectivity index (χ3n) is 1.05. The Hall–Kier alpha value is -0.530. The molecule has 1 N–H and O–H groups in total. The van der Waals surface area contributed by atoms with Crippen LogP contribution in [0.15, 0.2) is 11.2 Å². The first-order valence-electron chi connectivity index (χ1n) is 2.66. The van der Waals surface area contributed by atoms with E-state index < -0.39 is 10.1 Å². The predicted octanol–water partition coefficient (Wildman–Crippen LogP) is 0.268. The minimum absolute atomic E-state index is 0.0926. The molecule has 0 aliphatic rings. The molecule has 62 valence electrons. The van der Waals surface area contributed by atoms with Crippen molar-refractivity contribution >= 4 is 23.0 Å². The Morgan fingerprint density at radius 2 is 2.36 bits per heavy atom. The molecule has 1 aromatic heterocycles. The van der Waals surface area contributed by atoms with E-state index >= 15 is 0 Å². The zero-order chi connectivity index (χ0) is 8.48. The first kappa shape index (κ1) is 8.57. The van der Waals surface area contributed by atoms with E-state index in [1.54, 1.807) is 6.92 Å². The summed E-state index contributed by atoms with van der Waals surface area (Å²) in [5, 5.41) is -0.0926. The largest absolute Gasteiger partial charge is 0.331 e. The molecule has 5 nitrogen and oxygen atoms in total. The second-order valence-corrected chi connectivity index (χ2v) is 3.81. The number of imidazole rings is 1. The van der Waals surface area contributed by atoms with Crippen molar-refractivity contribution in [1.82, 2.24) is 9.97 Å². The van der Waals surface area contributed by atoms with Gasteiger partial charge in [-0.05, 0) is 19.8 Å². The molecule has 0 aromatic carbocycles. The molecule has 0 radical (unpaired) electrons. The molecule has 7 heteroatoms. The van der Waals surface area contributed by atoms with Gasteiger partial charge in [-0.3, -0.25) is 0 Å². The SMILES string of the molecule is Cc1ncc(S(=O)(=O)OS)[nH]1. The number of thiol groups is 1. The molecule has 0 saturated heterocycles. The van der Waals surface area contributed by atoms with E-state index in [9.17, 15) is 8.42 Å². The van der Waals surface area contributed by atoms with Crippen LogP contribution >= 0.6 is 12.9 Å². The van der Waals surface area contributed by atoms with Crippen LogP contribution < -0.4 is 0 Å². The Morgan fingerprint density at radius 3 is 2.73 bits per heavy atom. The van der Waals surface area contributed by atoms with E-state index in [4.69, 9.17) is 0 Å². The van der Waals surface area contributed by atoms with Crippen LogP contribution in [0, 0.1) is 6.92 Å². The summed E-state index contributed by atoms with van der Waals surface area (Å²) in [6.07, 6.45) is 1.17. The van der Waals surface area contributed by atoms with Crippen molar-refractivity contribution in [1.29, 1.82) is 0 Å². The van der Waals surface area contributed by atoms with Gasteiger partial charge >= 0.3 is 10.1 Å². The van der Waals surface area contributed by atoms with Gasteiger partial charge in [-0.2, -0.15) is 12.0 Å². The molecular weight excluding hydrogens is 188 g/mol. The minimum atomic E-state index is -3.73. The fourth-order valence-corrected chi connectivity index (χ4v) is 1.34. The Labute approximate surface area is 69.5 Å². The highest BCUT2D eigenvalue weighted by molar-refractivity contribution is 7.95. The van der Waals surface area contributed by atoms with Crippen LogP contribution in [0.2, 0.25) is 0 Å². The van der Waals surface area contributed by atoms with Crippen molar-refractivity contribution in [2.75, 3.05) is 0 Å². The molecule has 11 heavy (non-hydrogen) atoms. The number of rotatable bonds is 2. The average molecular weight is 194 g/mol. The zero-order valence-corrected chi connectivity index (χ0v) is 7.32. The highest BCUT2D eigenvalue weighted by Crippen LogP contribution is 2.09. The number of H-pyrrole nitrogens is 1. The molecule has 0 aliphatic heterocycles. The Kier molecular flexibility index (Phi) is 2.21. The average Bonchev–Trinajstić information content (AvgIpc) is 2.36. The van der Waals surface area contributed by atoms with Crippen molar-refractivity contribution in [3.8, 4) is 0 Å². The van der Waals surface area contributed by atoms with Crippen LogP contribution in [0.3, 0.4) is 0 Å². The maximum atomic E-state index is 10.8. The minimum Gasteiger partial charge on any atom is -0.331 e. The lowest BCUT2D eigenvalue weighted by molar-refractivity contribution is 0.518. The fourth-order valence-electron chi connectivity index (χ4n) is 0.565. The number of hydrogen-bond donors (Lipinski definition) is 2. The summed E-state index contributed by atoms with van der Waals surface area (Å²) >= 11 is 3.19. The summed E-state index contributed by atoms with van der Waals surface area (Å²) in [5.41, 5.74) is 0. The van der Waals surface area contributed by atoms with Gasteiger partial charge in [-0.1, -0.05) is 0 Å². The van der Waals surface area contributed by atoms with Gasteiger partial charge < -0.3 is 4.98 Å². The standard InChI is InChI=1S/C4H6N2O3S2/c1-3-5-2-4(6-3)11(7,8)9-10/h2,10H,1H3,(H,5,6). The van der Waals surface area contributed by atoms with Crippen LogP contribution in [0.25, 0.3) is 0 Å². The molecule has 0 aliphatic carbocycles. The number of nitrogens with zero attached hydrogens (tertiary/aromatic N) is 1. The summed E-state index contributed by atoms with van der Waals surface area (Å²) in [6.45, 7) is 1.64. The van der Waals surface area contributed by atoms with Crippen LogP contribution in [0.1, 0.15) is 5.82 Å². The van der Waals surface area contributed by atoms with Gasteiger partial charge in [0, 0.05) is 0 Å². The van der Waals surface area contributed by atoms with E-state index in [-0.39, 0.29) is 5.03 Å². The number of aromatic amines is 1. The van der Waals surface area contributed by atoms with Crippen LogP contribution in [-0.2, 0) is 13.7 Å². The second-order valence-electron chi connectivity index (χ2n) is 1.86. The van der Waals surface area contributed by atoms with Gasteiger partial charge in [0.15, 0.2) is 5.03 Å². The molecule has 1 rings (SSSR count). The van der Waals surface area contributed by atoms with Crippen molar-refractivity contribution < 1.29 is 12.0 Å². The monoisotopic (exact) mass is 194 g/mol. The zero-order valence-electron chi connectivity index (χ0n) is 5.60. The molecule has 1 heterocycles. The molecule has 0 bridgehead atoms. The molecule has 1 aromatic rings. The van der Waals surface area contributed by atoms with Crippen molar-refractivity contribution in [3.05, 3.63) is 12.0 Å². The maximum Gasteiger partial charge on any atom is 0.324 e. The van der Waals surface area contributed by atoms with Gasteiger partial charge in [-0.15, -0.1) is 0 Å². The van der Waals surface area contributed by atoms with Crippen LogP contribution in [0.5, 0.6) is 0 Å². The van der Waals surface area contributed by atoms with E-state index in [2.05, 4.69) is 26.5 Å². The smallest absolute Gasteiger partial charge is 0.324 e. The summed E-state index contributed by atoms with van der Waals surface area (Å²) in [7, 11) is -3.73. The van der Waals surface area contributed by atoms with E-state index in [1.165, 1.54) is 6.20 Å². The predicted molar refractivity (Wildman–Crippen MR) is 40.6 cm³/mol. The fraction of sp³-hybridized carbons (Fsp3) is 0.250. The topological polar surface area (TPSA) is 72.1 Å². The Balaban J connectivity index is 3.13. The van der Waals surface area contributed by atoms with Crippen molar-refractivity contribution in [2.45, 2.75) is 11.9 Å². The molecule has 0 atom stereocenters. The van der Waals surface area contributed by atoms with Crippen LogP contribution in [-0.4, -0.2) is 18.4 Å². The summed E-state index contributed by atoms with van der Waals surface area (Å²) in [4.78, 5) is 6.18. The van der Waals surface area contributed by atoms with E-state index in [0.29, 0.717) is 5.82 Å². The quantitative estimate of drug-likeness (QED) is 0.523. The molecule has 0 amide bonds. The lowest BCUT2D eigenvalue weighted by atomic mass is 10.8. The van der Waals surface area contributed by atoms with E-state index in [1.807, 2.05) is 0 Å². The number of nitrogens with one attached hydrogen (secondary N) is 1. The molecule has 0 saturated carbocycles. The van der Waals surface area contributed by atoms with E-state index in [0.717, 1.165) is 0 Å². The lowest BCUT2D eigenvalue weighted by Gasteiger charge is -1.92. The normalized spacial score (nSPS) is 11.8.